The summed E-state index contributed by atoms with van der Waals surface area (Å²) in [5, 5.41) is 3.19. The number of hydrogen-bond donors (Lipinski definition) is 2. The van der Waals surface area contributed by atoms with Gasteiger partial charge < -0.3 is 11.1 Å². The van der Waals surface area contributed by atoms with Crippen LogP contribution in [0.4, 0.5) is 0 Å². The minimum Gasteiger partial charge on any atom is -0.374 e. The summed E-state index contributed by atoms with van der Waals surface area (Å²) in [4.78, 5) is 4.71. The summed E-state index contributed by atoms with van der Waals surface area (Å²) in [6, 6.07) is 3.87. The zero-order chi connectivity index (χ0) is 12.0. The minimum absolute atomic E-state index is 0.0539. The molecule has 1 aromatic rings. The maximum atomic E-state index is 6.02. The van der Waals surface area contributed by atoms with E-state index in [1.807, 2.05) is 12.1 Å². The Balaban J connectivity index is 2.41. The third-order valence-corrected chi connectivity index (χ3v) is 3.19. The van der Waals surface area contributed by atoms with Gasteiger partial charge in [-0.15, -0.1) is 0 Å². The van der Waals surface area contributed by atoms with Gasteiger partial charge in [-0.1, -0.05) is 32.5 Å². The normalized spacial score (nSPS) is 14.2. The molecular formula is C12H19N3S. The van der Waals surface area contributed by atoms with Crippen LogP contribution in [0.5, 0.6) is 0 Å². The largest absolute Gasteiger partial charge is 0.374 e. The lowest BCUT2D eigenvalue weighted by molar-refractivity contribution is 0.517. The van der Waals surface area contributed by atoms with Crippen molar-refractivity contribution in [2.45, 2.75) is 32.9 Å². The molecule has 16 heavy (non-hydrogen) atoms. The quantitative estimate of drug-likeness (QED) is 0.768. The molecule has 0 aliphatic rings. The van der Waals surface area contributed by atoms with Crippen LogP contribution in [0, 0.1) is 5.92 Å². The van der Waals surface area contributed by atoms with Crippen molar-refractivity contribution < 1.29 is 0 Å². The van der Waals surface area contributed by atoms with E-state index in [2.05, 4.69) is 24.1 Å². The first kappa shape index (κ1) is 13.1. The van der Waals surface area contributed by atoms with Crippen LogP contribution in [0.1, 0.15) is 25.8 Å². The molecule has 3 nitrogen and oxygen atoms in total. The number of rotatable bonds is 5. The lowest BCUT2D eigenvalue weighted by Crippen LogP contribution is -2.43. The van der Waals surface area contributed by atoms with Crippen molar-refractivity contribution in [2.24, 2.45) is 11.7 Å². The van der Waals surface area contributed by atoms with E-state index in [9.17, 15) is 0 Å². The number of hydrogen-bond acceptors (Lipinski definition) is 3. The van der Waals surface area contributed by atoms with Crippen LogP contribution < -0.4 is 11.1 Å². The molecule has 0 saturated carbocycles. The van der Waals surface area contributed by atoms with Gasteiger partial charge in [0.1, 0.15) is 0 Å². The van der Waals surface area contributed by atoms with E-state index in [0.29, 0.717) is 12.5 Å². The predicted octanol–water partition coefficient (Wildman–Crippen LogP) is 1.87. The fourth-order valence-corrected chi connectivity index (χ4v) is 1.62. The van der Waals surface area contributed by atoms with Crippen molar-refractivity contribution in [3.05, 3.63) is 30.1 Å². The smallest absolute Gasteiger partial charge is 0.0929 e. The van der Waals surface area contributed by atoms with E-state index in [4.69, 9.17) is 18.0 Å². The van der Waals surface area contributed by atoms with Gasteiger partial charge in [-0.3, -0.25) is 4.98 Å². The van der Waals surface area contributed by atoms with E-state index in [-0.39, 0.29) is 6.04 Å². The molecule has 0 aromatic carbocycles. The summed E-state index contributed by atoms with van der Waals surface area (Å²) in [5.74, 6) is 0.414. The van der Waals surface area contributed by atoms with Crippen molar-refractivity contribution >= 4 is 17.2 Å². The third-order valence-electron chi connectivity index (χ3n) is 2.78. The van der Waals surface area contributed by atoms with E-state index in [0.717, 1.165) is 17.0 Å². The van der Waals surface area contributed by atoms with E-state index in [1.54, 1.807) is 12.4 Å². The van der Waals surface area contributed by atoms with Crippen molar-refractivity contribution in [1.29, 1.82) is 0 Å². The molecule has 0 aliphatic heterocycles. The van der Waals surface area contributed by atoms with Gasteiger partial charge in [0.05, 0.1) is 11.0 Å². The number of thiocarbonyl (C=S) groups is 1. The first-order valence-electron chi connectivity index (χ1n) is 5.57. The molecule has 0 aliphatic carbocycles. The molecule has 0 fully saturated rings. The second-order valence-corrected chi connectivity index (χ2v) is 4.42. The molecule has 3 N–H and O–H groups in total. The molecule has 0 bridgehead atoms. The lowest BCUT2D eigenvalue weighted by Gasteiger charge is -2.20. The molecule has 1 rings (SSSR count). The molecule has 1 aromatic heterocycles. The van der Waals surface area contributed by atoms with Gasteiger partial charge in [-0.05, 0) is 23.6 Å². The highest BCUT2D eigenvalue weighted by molar-refractivity contribution is 7.80. The maximum Gasteiger partial charge on any atom is 0.0929 e. The zero-order valence-corrected chi connectivity index (χ0v) is 10.6. The first-order valence-corrected chi connectivity index (χ1v) is 5.98. The first-order chi connectivity index (χ1) is 7.65. The van der Waals surface area contributed by atoms with E-state index < -0.39 is 0 Å². The van der Waals surface area contributed by atoms with Gasteiger partial charge in [0, 0.05) is 18.9 Å². The van der Waals surface area contributed by atoms with Gasteiger partial charge in [0.25, 0.3) is 0 Å². The van der Waals surface area contributed by atoms with Crippen LogP contribution in [0.3, 0.4) is 0 Å². The van der Waals surface area contributed by atoms with Gasteiger partial charge in [0.2, 0.25) is 0 Å². The SMILES string of the molecule is CCC(C)[C@H](N)C(=S)NCc1ccncc1. The topological polar surface area (TPSA) is 50.9 Å². The average molecular weight is 237 g/mol. The summed E-state index contributed by atoms with van der Waals surface area (Å²) in [5.41, 5.74) is 7.18. The number of pyridine rings is 1. The van der Waals surface area contributed by atoms with Crippen molar-refractivity contribution in [2.75, 3.05) is 0 Å². The Labute approximate surface area is 102 Å². The highest BCUT2D eigenvalue weighted by Crippen LogP contribution is 2.06. The molecule has 0 spiro atoms. The molecule has 88 valence electrons. The fourth-order valence-electron chi connectivity index (χ4n) is 1.32. The summed E-state index contributed by atoms with van der Waals surface area (Å²) in [6.45, 7) is 4.95. The Morgan fingerprint density at radius 2 is 2.12 bits per heavy atom. The lowest BCUT2D eigenvalue weighted by atomic mass is 10.00. The van der Waals surface area contributed by atoms with Gasteiger partial charge >= 0.3 is 0 Å². The fraction of sp³-hybridized carbons (Fsp3) is 0.500. The Morgan fingerprint density at radius 1 is 1.50 bits per heavy atom. The molecular weight excluding hydrogens is 218 g/mol. The van der Waals surface area contributed by atoms with Gasteiger partial charge in [-0.2, -0.15) is 0 Å². The molecule has 4 heteroatoms. The van der Waals surface area contributed by atoms with E-state index >= 15 is 0 Å². The average Bonchev–Trinajstić information content (AvgIpc) is 2.35. The number of nitrogens with two attached hydrogens (primary N) is 1. The van der Waals surface area contributed by atoms with Crippen LogP contribution in [-0.2, 0) is 6.54 Å². The Hall–Kier alpha value is -1.00. The van der Waals surface area contributed by atoms with Crippen LogP contribution in [-0.4, -0.2) is 16.0 Å². The molecule has 0 amide bonds. The molecule has 0 saturated heterocycles. The Kier molecular flexibility index (Phi) is 5.35. The van der Waals surface area contributed by atoms with Crippen LogP contribution in [0.25, 0.3) is 0 Å². The predicted molar refractivity (Wildman–Crippen MR) is 71.1 cm³/mol. The van der Waals surface area contributed by atoms with Crippen LogP contribution in [0.2, 0.25) is 0 Å². The van der Waals surface area contributed by atoms with Gasteiger partial charge in [-0.25, -0.2) is 0 Å². The zero-order valence-electron chi connectivity index (χ0n) is 9.81. The summed E-state index contributed by atoms with van der Waals surface area (Å²) in [6.07, 6.45) is 4.58. The Morgan fingerprint density at radius 3 is 2.69 bits per heavy atom. The number of nitrogens with zero attached hydrogens (tertiary/aromatic N) is 1. The number of nitrogens with one attached hydrogen (secondary N) is 1. The second-order valence-electron chi connectivity index (χ2n) is 3.98. The van der Waals surface area contributed by atoms with Crippen LogP contribution in [0.15, 0.2) is 24.5 Å². The molecule has 0 radical (unpaired) electrons. The highest BCUT2D eigenvalue weighted by atomic mass is 32.1. The minimum atomic E-state index is -0.0539. The van der Waals surface area contributed by atoms with Gasteiger partial charge in [0.15, 0.2) is 0 Å². The summed E-state index contributed by atoms with van der Waals surface area (Å²) in [7, 11) is 0. The van der Waals surface area contributed by atoms with E-state index in [1.165, 1.54) is 0 Å². The Bertz CT molecular complexity index is 326. The highest BCUT2D eigenvalue weighted by Gasteiger charge is 2.15. The molecule has 1 heterocycles. The third kappa shape index (κ3) is 3.87. The van der Waals surface area contributed by atoms with Crippen molar-refractivity contribution in [1.82, 2.24) is 10.3 Å². The molecule has 1 unspecified atom stereocenters. The summed E-state index contributed by atoms with van der Waals surface area (Å²) >= 11 is 5.27. The van der Waals surface area contributed by atoms with Crippen molar-refractivity contribution in [3.63, 3.8) is 0 Å². The number of aromatic nitrogens is 1. The molecule has 2 atom stereocenters. The summed E-state index contributed by atoms with van der Waals surface area (Å²) < 4.78 is 0. The standard InChI is InChI=1S/C12H19N3S/c1-3-9(2)11(13)12(16)15-8-10-4-6-14-7-5-10/h4-7,9,11H,3,8,13H2,1-2H3,(H,15,16)/t9?,11-/m0/s1. The maximum absolute atomic E-state index is 6.02. The van der Waals surface area contributed by atoms with Crippen molar-refractivity contribution in [3.8, 4) is 0 Å². The van der Waals surface area contributed by atoms with Crippen LogP contribution >= 0.6 is 12.2 Å². The monoisotopic (exact) mass is 237 g/mol. The second kappa shape index (κ2) is 6.55.